The van der Waals surface area contributed by atoms with Crippen LogP contribution in [0.4, 0.5) is 0 Å². The molecule has 1 heterocycles. The van der Waals surface area contributed by atoms with Crippen molar-refractivity contribution in [1.29, 1.82) is 0 Å². The second-order valence-corrected chi connectivity index (χ2v) is 5.41. The Morgan fingerprint density at radius 1 is 1.38 bits per heavy atom. The van der Waals surface area contributed by atoms with Crippen LogP contribution in [0, 0.1) is 5.92 Å². The lowest BCUT2D eigenvalue weighted by atomic mass is 10.0. The summed E-state index contributed by atoms with van der Waals surface area (Å²) in [6.45, 7) is 8.07. The van der Waals surface area contributed by atoms with Gasteiger partial charge in [-0.05, 0) is 52.4 Å². The lowest BCUT2D eigenvalue weighted by Crippen LogP contribution is -2.41. The molecule has 0 aromatic rings. The van der Waals surface area contributed by atoms with Crippen LogP contribution in [0.5, 0.6) is 0 Å². The molecule has 3 heteroatoms. The molecule has 0 amide bonds. The molecule has 1 rings (SSSR count). The predicted octanol–water partition coefficient (Wildman–Crippen LogP) is 1.30. The minimum Gasteiger partial charge on any atom is -0.315 e. The summed E-state index contributed by atoms with van der Waals surface area (Å²) in [6, 6.07) is 1.42. The molecule has 16 heavy (non-hydrogen) atoms. The van der Waals surface area contributed by atoms with Crippen molar-refractivity contribution in [3.8, 4) is 0 Å². The van der Waals surface area contributed by atoms with Crippen LogP contribution in [-0.2, 0) is 0 Å². The Kier molecular flexibility index (Phi) is 6.32. The van der Waals surface area contributed by atoms with Gasteiger partial charge in [0.2, 0.25) is 0 Å². The molecular formula is C13H29N3. The predicted molar refractivity (Wildman–Crippen MR) is 70.8 cm³/mol. The summed E-state index contributed by atoms with van der Waals surface area (Å²) in [5.41, 5.74) is 0. The van der Waals surface area contributed by atoms with Gasteiger partial charge >= 0.3 is 0 Å². The van der Waals surface area contributed by atoms with E-state index in [2.05, 4.69) is 43.5 Å². The van der Waals surface area contributed by atoms with Gasteiger partial charge in [-0.25, -0.2) is 0 Å². The molecule has 1 saturated heterocycles. The molecule has 0 aromatic heterocycles. The van der Waals surface area contributed by atoms with Crippen molar-refractivity contribution in [3.63, 3.8) is 0 Å². The maximum absolute atomic E-state index is 3.58. The lowest BCUT2D eigenvalue weighted by molar-refractivity contribution is 0.290. The summed E-state index contributed by atoms with van der Waals surface area (Å²) in [5.74, 6) is 0.701. The van der Waals surface area contributed by atoms with Crippen LogP contribution in [0.15, 0.2) is 0 Å². The highest BCUT2D eigenvalue weighted by Gasteiger charge is 2.20. The van der Waals surface area contributed by atoms with Gasteiger partial charge < -0.3 is 15.5 Å². The molecule has 0 saturated carbocycles. The summed E-state index contributed by atoms with van der Waals surface area (Å²) in [7, 11) is 4.30. The lowest BCUT2D eigenvalue weighted by Gasteiger charge is -2.22. The van der Waals surface area contributed by atoms with Gasteiger partial charge in [0.25, 0.3) is 0 Å². The Labute approximate surface area is 101 Å². The summed E-state index contributed by atoms with van der Waals surface area (Å²) >= 11 is 0. The van der Waals surface area contributed by atoms with Crippen molar-refractivity contribution >= 4 is 0 Å². The van der Waals surface area contributed by atoms with E-state index in [1.807, 2.05) is 0 Å². The number of likely N-dealkylation sites (tertiary alicyclic amines) is 1. The van der Waals surface area contributed by atoms with Gasteiger partial charge in [0, 0.05) is 18.6 Å². The zero-order valence-corrected chi connectivity index (χ0v) is 11.4. The van der Waals surface area contributed by atoms with Crippen molar-refractivity contribution in [2.24, 2.45) is 5.92 Å². The van der Waals surface area contributed by atoms with E-state index in [0.717, 1.165) is 19.1 Å². The summed E-state index contributed by atoms with van der Waals surface area (Å²) < 4.78 is 0. The molecule has 0 bridgehead atoms. The second-order valence-electron chi connectivity index (χ2n) is 5.41. The van der Waals surface area contributed by atoms with Crippen molar-refractivity contribution in [2.45, 2.75) is 45.2 Å². The van der Waals surface area contributed by atoms with Gasteiger partial charge in [-0.1, -0.05) is 13.8 Å². The van der Waals surface area contributed by atoms with Gasteiger partial charge in [-0.15, -0.1) is 0 Å². The molecule has 3 nitrogen and oxygen atoms in total. The van der Waals surface area contributed by atoms with Gasteiger partial charge in [0.05, 0.1) is 0 Å². The molecule has 2 unspecified atom stereocenters. The quantitative estimate of drug-likeness (QED) is 0.642. The van der Waals surface area contributed by atoms with E-state index in [-0.39, 0.29) is 0 Å². The van der Waals surface area contributed by atoms with Crippen molar-refractivity contribution < 1.29 is 0 Å². The van der Waals surface area contributed by atoms with E-state index in [1.165, 1.54) is 25.8 Å². The van der Waals surface area contributed by atoms with Crippen molar-refractivity contribution in [2.75, 3.05) is 33.7 Å². The van der Waals surface area contributed by atoms with E-state index in [0.29, 0.717) is 12.0 Å². The van der Waals surface area contributed by atoms with Crippen LogP contribution in [0.25, 0.3) is 0 Å². The first-order valence-electron chi connectivity index (χ1n) is 6.73. The average Bonchev–Trinajstić information content (AvgIpc) is 2.64. The van der Waals surface area contributed by atoms with Crippen LogP contribution in [0.3, 0.4) is 0 Å². The molecule has 96 valence electrons. The van der Waals surface area contributed by atoms with Crippen molar-refractivity contribution in [3.05, 3.63) is 0 Å². The van der Waals surface area contributed by atoms with E-state index in [9.17, 15) is 0 Å². The summed E-state index contributed by atoms with van der Waals surface area (Å²) in [5, 5.41) is 6.94. The minimum absolute atomic E-state index is 0.598. The van der Waals surface area contributed by atoms with Crippen LogP contribution in [-0.4, -0.2) is 50.7 Å². The number of hydrogen-bond acceptors (Lipinski definition) is 3. The fourth-order valence-electron chi connectivity index (χ4n) is 2.54. The Bertz CT molecular complexity index is 178. The Morgan fingerprint density at radius 2 is 2.12 bits per heavy atom. The maximum atomic E-state index is 3.58. The van der Waals surface area contributed by atoms with E-state index in [4.69, 9.17) is 0 Å². The van der Waals surface area contributed by atoms with Gasteiger partial charge in [-0.3, -0.25) is 0 Å². The highest BCUT2D eigenvalue weighted by molar-refractivity contribution is 4.78. The third-order valence-corrected chi connectivity index (χ3v) is 3.87. The fourth-order valence-corrected chi connectivity index (χ4v) is 2.54. The third-order valence-electron chi connectivity index (χ3n) is 3.87. The molecule has 0 radical (unpaired) electrons. The number of nitrogens with one attached hydrogen (secondary N) is 2. The van der Waals surface area contributed by atoms with Crippen LogP contribution in [0.1, 0.15) is 33.1 Å². The zero-order chi connectivity index (χ0) is 12.0. The molecule has 1 aliphatic rings. The minimum atomic E-state index is 0.598. The van der Waals surface area contributed by atoms with Crippen LogP contribution < -0.4 is 10.6 Å². The summed E-state index contributed by atoms with van der Waals surface area (Å²) in [6.07, 6.45) is 4.06. The monoisotopic (exact) mass is 227 g/mol. The normalized spacial score (nSPS) is 24.2. The zero-order valence-electron chi connectivity index (χ0n) is 11.4. The number of nitrogens with zero attached hydrogens (tertiary/aromatic N) is 1. The second kappa shape index (κ2) is 7.25. The van der Waals surface area contributed by atoms with Crippen molar-refractivity contribution in [1.82, 2.24) is 15.5 Å². The number of hydrogen-bond donors (Lipinski definition) is 2. The standard InChI is InChI=1S/C13H29N3/c1-11(2)13(14-3)10-15-8-7-12-6-5-9-16(12)4/h11-15H,5-10H2,1-4H3. The molecule has 2 atom stereocenters. The smallest absolute Gasteiger partial charge is 0.0212 e. The molecule has 0 spiro atoms. The first-order chi connectivity index (χ1) is 7.65. The van der Waals surface area contributed by atoms with Crippen LogP contribution >= 0.6 is 0 Å². The Hall–Kier alpha value is -0.120. The maximum Gasteiger partial charge on any atom is 0.0212 e. The first kappa shape index (κ1) is 13.9. The largest absolute Gasteiger partial charge is 0.315 e. The highest BCUT2D eigenvalue weighted by atomic mass is 15.1. The SMILES string of the molecule is CNC(CNCCC1CCCN1C)C(C)C. The molecule has 0 aromatic carbocycles. The fraction of sp³-hybridized carbons (Fsp3) is 1.00. The third kappa shape index (κ3) is 4.40. The summed E-state index contributed by atoms with van der Waals surface area (Å²) in [4.78, 5) is 2.50. The topological polar surface area (TPSA) is 27.3 Å². The van der Waals surface area contributed by atoms with Crippen LogP contribution in [0.2, 0.25) is 0 Å². The molecular weight excluding hydrogens is 198 g/mol. The van der Waals surface area contributed by atoms with E-state index >= 15 is 0 Å². The highest BCUT2D eigenvalue weighted by Crippen LogP contribution is 2.16. The van der Waals surface area contributed by atoms with E-state index < -0.39 is 0 Å². The number of likely N-dealkylation sites (N-methyl/N-ethyl adjacent to an activating group) is 1. The van der Waals surface area contributed by atoms with Gasteiger partial charge in [0.15, 0.2) is 0 Å². The van der Waals surface area contributed by atoms with Gasteiger partial charge in [-0.2, -0.15) is 0 Å². The molecule has 2 N–H and O–H groups in total. The Morgan fingerprint density at radius 3 is 2.62 bits per heavy atom. The number of rotatable bonds is 7. The average molecular weight is 227 g/mol. The van der Waals surface area contributed by atoms with E-state index in [1.54, 1.807) is 0 Å². The van der Waals surface area contributed by atoms with Gasteiger partial charge in [0.1, 0.15) is 0 Å². The molecule has 1 aliphatic heterocycles. The molecule has 1 fully saturated rings. The Balaban J connectivity index is 2.06. The molecule has 0 aliphatic carbocycles. The first-order valence-corrected chi connectivity index (χ1v) is 6.73.